The Bertz CT molecular complexity index is 926. The van der Waals surface area contributed by atoms with Crippen LogP contribution in [0.25, 0.3) is 22.2 Å². The second kappa shape index (κ2) is 6.20. The number of hydrogen-bond donors (Lipinski definition) is 1. The van der Waals surface area contributed by atoms with E-state index in [1.807, 2.05) is 37.3 Å². The highest BCUT2D eigenvalue weighted by atomic mass is 16.5. The Morgan fingerprint density at radius 1 is 1.28 bits per heavy atom. The van der Waals surface area contributed by atoms with E-state index < -0.39 is 0 Å². The standard InChI is InChI=1S/C19H20N4O2/c1-12-18-16(13-3-7-15(25-2)8-4-13)9-10-20-19(18)23(22-12)11-17(24)21-14-5-6-14/h3-4,7-10,14H,5-6,11H2,1-2H3,(H,21,24). The van der Waals surface area contributed by atoms with Crippen molar-refractivity contribution < 1.29 is 9.53 Å². The van der Waals surface area contributed by atoms with Crippen LogP contribution < -0.4 is 10.1 Å². The van der Waals surface area contributed by atoms with Crippen LogP contribution in [0.5, 0.6) is 5.75 Å². The Kier molecular flexibility index (Phi) is 3.87. The van der Waals surface area contributed by atoms with Gasteiger partial charge in [-0.15, -0.1) is 0 Å². The predicted molar refractivity (Wildman–Crippen MR) is 95.4 cm³/mol. The Morgan fingerprint density at radius 3 is 2.72 bits per heavy atom. The molecule has 1 fully saturated rings. The Labute approximate surface area is 145 Å². The largest absolute Gasteiger partial charge is 0.497 e. The lowest BCUT2D eigenvalue weighted by atomic mass is 10.0. The molecule has 0 aliphatic heterocycles. The van der Waals surface area contributed by atoms with E-state index in [0.717, 1.165) is 46.4 Å². The van der Waals surface area contributed by atoms with E-state index in [0.29, 0.717) is 6.04 Å². The van der Waals surface area contributed by atoms with Crippen molar-refractivity contribution in [1.29, 1.82) is 0 Å². The number of ether oxygens (including phenoxy) is 1. The van der Waals surface area contributed by atoms with Crippen molar-refractivity contribution in [2.75, 3.05) is 7.11 Å². The van der Waals surface area contributed by atoms with Gasteiger partial charge in [0.2, 0.25) is 5.91 Å². The van der Waals surface area contributed by atoms with E-state index in [2.05, 4.69) is 15.4 Å². The summed E-state index contributed by atoms with van der Waals surface area (Å²) in [5, 5.41) is 8.52. The van der Waals surface area contributed by atoms with Gasteiger partial charge in [0, 0.05) is 17.6 Å². The van der Waals surface area contributed by atoms with Crippen LogP contribution in [0, 0.1) is 6.92 Å². The molecule has 0 atom stereocenters. The van der Waals surface area contributed by atoms with Gasteiger partial charge in [-0.25, -0.2) is 9.67 Å². The number of nitrogens with one attached hydrogen (secondary N) is 1. The van der Waals surface area contributed by atoms with Crippen LogP contribution in [-0.4, -0.2) is 33.8 Å². The molecule has 0 radical (unpaired) electrons. The van der Waals surface area contributed by atoms with Gasteiger partial charge in [-0.05, 0) is 49.1 Å². The van der Waals surface area contributed by atoms with Crippen molar-refractivity contribution >= 4 is 16.9 Å². The molecule has 1 aliphatic carbocycles. The lowest BCUT2D eigenvalue weighted by Gasteiger charge is -2.07. The number of nitrogens with zero attached hydrogens (tertiary/aromatic N) is 3. The van der Waals surface area contributed by atoms with Crippen molar-refractivity contribution in [3.63, 3.8) is 0 Å². The fraction of sp³-hybridized carbons (Fsp3) is 0.316. The first kappa shape index (κ1) is 15.6. The lowest BCUT2D eigenvalue weighted by molar-refractivity contribution is -0.121. The second-order valence-electron chi connectivity index (χ2n) is 6.37. The van der Waals surface area contributed by atoms with E-state index in [1.165, 1.54) is 0 Å². The maximum Gasteiger partial charge on any atom is 0.242 e. The molecule has 4 rings (SSSR count). The van der Waals surface area contributed by atoms with Crippen molar-refractivity contribution in [3.8, 4) is 16.9 Å². The quantitative estimate of drug-likeness (QED) is 0.778. The molecule has 0 spiro atoms. The molecule has 25 heavy (non-hydrogen) atoms. The third-order valence-corrected chi connectivity index (χ3v) is 4.44. The van der Waals surface area contributed by atoms with E-state index in [4.69, 9.17) is 4.74 Å². The molecule has 2 heterocycles. The molecule has 0 bridgehead atoms. The molecule has 1 saturated carbocycles. The minimum Gasteiger partial charge on any atom is -0.497 e. The van der Waals surface area contributed by atoms with Gasteiger partial charge < -0.3 is 10.1 Å². The first-order valence-corrected chi connectivity index (χ1v) is 8.41. The van der Waals surface area contributed by atoms with E-state index in [9.17, 15) is 4.79 Å². The topological polar surface area (TPSA) is 69.0 Å². The van der Waals surface area contributed by atoms with Crippen molar-refractivity contribution in [2.45, 2.75) is 32.4 Å². The van der Waals surface area contributed by atoms with E-state index in [-0.39, 0.29) is 12.5 Å². The molecule has 3 aromatic rings. The number of amides is 1. The minimum atomic E-state index is -0.0106. The minimum absolute atomic E-state index is 0.0106. The highest BCUT2D eigenvalue weighted by Crippen LogP contribution is 2.30. The number of carbonyl (C=O) groups is 1. The van der Waals surface area contributed by atoms with Crippen molar-refractivity contribution in [3.05, 3.63) is 42.2 Å². The van der Waals surface area contributed by atoms with Crippen LogP contribution in [0.2, 0.25) is 0 Å². The molecular formula is C19H20N4O2. The molecule has 2 aromatic heterocycles. The molecule has 6 heteroatoms. The molecule has 1 amide bonds. The molecule has 128 valence electrons. The second-order valence-corrected chi connectivity index (χ2v) is 6.37. The zero-order valence-electron chi connectivity index (χ0n) is 14.3. The summed E-state index contributed by atoms with van der Waals surface area (Å²) in [5.41, 5.74) is 3.72. The Balaban J connectivity index is 1.72. The van der Waals surface area contributed by atoms with Gasteiger partial charge in [0.25, 0.3) is 0 Å². The maximum absolute atomic E-state index is 12.1. The number of methoxy groups -OCH3 is 1. The predicted octanol–water partition coefficient (Wildman–Crippen LogP) is 2.69. The highest BCUT2D eigenvalue weighted by molar-refractivity contribution is 5.95. The summed E-state index contributed by atoms with van der Waals surface area (Å²) in [4.78, 5) is 16.6. The zero-order chi connectivity index (χ0) is 17.4. The van der Waals surface area contributed by atoms with Gasteiger partial charge in [0.05, 0.1) is 12.8 Å². The fourth-order valence-corrected chi connectivity index (χ4v) is 3.04. The highest BCUT2D eigenvalue weighted by Gasteiger charge is 2.24. The molecule has 0 unspecified atom stereocenters. The molecule has 1 aliphatic rings. The number of fused-ring (bicyclic) bond motifs is 1. The van der Waals surface area contributed by atoms with Crippen molar-refractivity contribution in [1.82, 2.24) is 20.1 Å². The van der Waals surface area contributed by atoms with Crippen molar-refractivity contribution in [2.24, 2.45) is 0 Å². The van der Waals surface area contributed by atoms with Gasteiger partial charge in [0.15, 0.2) is 5.65 Å². The molecular weight excluding hydrogens is 316 g/mol. The van der Waals surface area contributed by atoms with Gasteiger partial charge in [-0.1, -0.05) is 12.1 Å². The van der Waals surface area contributed by atoms with E-state index in [1.54, 1.807) is 18.0 Å². The number of aryl methyl sites for hydroxylation is 1. The molecule has 1 aromatic carbocycles. The van der Waals surface area contributed by atoms with Gasteiger partial charge in [-0.2, -0.15) is 5.10 Å². The number of benzene rings is 1. The Morgan fingerprint density at radius 2 is 2.04 bits per heavy atom. The SMILES string of the molecule is COc1ccc(-c2ccnc3c2c(C)nn3CC(=O)NC2CC2)cc1. The van der Waals surface area contributed by atoms with Crippen LogP contribution in [0.1, 0.15) is 18.5 Å². The monoisotopic (exact) mass is 336 g/mol. The molecule has 1 N–H and O–H groups in total. The first-order chi connectivity index (χ1) is 12.2. The van der Waals surface area contributed by atoms with Crippen LogP contribution in [0.15, 0.2) is 36.5 Å². The summed E-state index contributed by atoms with van der Waals surface area (Å²) in [6.07, 6.45) is 3.91. The maximum atomic E-state index is 12.1. The average Bonchev–Trinajstić information content (AvgIpc) is 3.38. The van der Waals surface area contributed by atoms with Crippen LogP contribution in [0.3, 0.4) is 0 Å². The summed E-state index contributed by atoms with van der Waals surface area (Å²) >= 11 is 0. The average molecular weight is 336 g/mol. The zero-order valence-corrected chi connectivity index (χ0v) is 14.3. The number of rotatable bonds is 5. The van der Waals surface area contributed by atoms with E-state index >= 15 is 0 Å². The molecule has 6 nitrogen and oxygen atoms in total. The first-order valence-electron chi connectivity index (χ1n) is 8.41. The number of hydrogen-bond acceptors (Lipinski definition) is 4. The van der Waals surface area contributed by atoms with Crippen LogP contribution >= 0.6 is 0 Å². The van der Waals surface area contributed by atoms with Gasteiger partial charge >= 0.3 is 0 Å². The normalized spacial score (nSPS) is 13.8. The summed E-state index contributed by atoms with van der Waals surface area (Å²) in [6.45, 7) is 2.15. The Hall–Kier alpha value is -2.89. The van der Waals surface area contributed by atoms with Gasteiger partial charge in [0.1, 0.15) is 12.3 Å². The number of pyridine rings is 1. The van der Waals surface area contributed by atoms with Gasteiger partial charge in [-0.3, -0.25) is 4.79 Å². The number of aromatic nitrogens is 3. The van der Waals surface area contributed by atoms with Crippen LogP contribution in [-0.2, 0) is 11.3 Å². The summed E-state index contributed by atoms with van der Waals surface area (Å²) in [7, 11) is 1.65. The smallest absolute Gasteiger partial charge is 0.242 e. The van der Waals surface area contributed by atoms with Crippen LogP contribution in [0.4, 0.5) is 0 Å². The summed E-state index contributed by atoms with van der Waals surface area (Å²) < 4.78 is 6.92. The fourth-order valence-electron chi connectivity index (χ4n) is 3.04. The lowest BCUT2D eigenvalue weighted by Crippen LogP contribution is -2.29. The number of carbonyl (C=O) groups excluding carboxylic acids is 1. The summed E-state index contributed by atoms with van der Waals surface area (Å²) in [5.74, 6) is 0.807. The summed E-state index contributed by atoms with van der Waals surface area (Å²) in [6, 6.07) is 10.2. The third-order valence-electron chi connectivity index (χ3n) is 4.44. The molecule has 0 saturated heterocycles. The third kappa shape index (κ3) is 3.07.